The lowest BCUT2D eigenvalue weighted by Gasteiger charge is -2.17. The van der Waals surface area contributed by atoms with Crippen molar-refractivity contribution in [1.29, 1.82) is 0 Å². The summed E-state index contributed by atoms with van der Waals surface area (Å²) < 4.78 is 5.34. The number of aromatic nitrogens is 3. The minimum atomic E-state index is 0.0107. The summed E-state index contributed by atoms with van der Waals surface area (Å²) in [6, 6.07) is 3.71. The third kappa shape index (κ3) is 3.74. The Hall–Kier alpha value is -2.70. The number of ether oxygens (including phenoxy) is 1. The number of carbonyl (C=O) groups excluding carboxylic acids is 1. The van der Waals surface area contributed by atoms with Gasteiger partial charge in [-0.3, -0.25) is 14.8 Å². The van der Waals surface area contributed by atoms with Gasteiger partial charge in [0, 0.05) is 31.5 Å². The largest absolute Gasteiger partial charge is 0.477 e. The van der Waals surface area contributed by atoms with Gasteiger partial charge >= 0.3 is 0 Å². The number of hydrogen-bond acceptors (Lipinski definition) is 6. The summed E-state index contributed by atoms with van der Waals surface area (Å²) in [5, 5.41) is 3.31. The number of nitrogens with one attached hydrogen (secondary N) is 1. The van der Waals surface area contributed by atoms with Gasteiger partial charge in [0.05, 0.1) is 24.6 Å². The Balaban J connectivity index is 1.60. The molecule has 3 heterocycles. The minimum Gasteiger partial charge on any atom is -0.477 e. The first-order valence-corrected chi connectivity index (χ1v) is 7.67. The van der Waals surface area contributed by atoms with Gasteiger partial charge in [0.25, 0.3) is 5.91 Å². The van der Waals surface area contributed by atoms with E-state index in [4.69, 9.17) is 4.74 Å². The van der Waals surface area contributed by atoms with Crippen molar-refractivity contribution in [3.8, 4) is 5.88 Å². The molecule has 3 rings (SSSR count). The molecule has 1 N–H and O–H groups in total. The van der Waals surface area contributed by atoms with Gasteiger partial charge < -0.3 is 15.0 Å². The maximum atomic E-state index is 12.4. The van der Waals surface area contributed by atoms with Gasteiger partial charge in [0.15, 0.2) is 0 Å². The molecule has 1 saturated heterocycles. The van der Waals surface area contributed by atoms with Crippen molar-refractivity contribution in [2.75, 3.05) is 25.0 Å². The van der Waals surface area contributed by atoms with Crippen LogP contribution >= 0.6 is 0 Å². The van der Waals surface area contributed by atoms with E-state index in [0.717, 1.165) is 6.42 Å². The fraction of sp³-hybridized carbons (Fsp3) is 0.375. The first-order chi connectivity index (χ1) is 11.3. The summed E-state index contributed by atoms with van der Waals surface area (Å²) in [6.45, 7) is 3.80. The lowest BCUT2D eigenvalue weighted by Crippen LogP contribution is -2.31. The topological polar surface area (TPSA) is 80.2 Å². The summed E-state index contributed by atoms with van der Waals surface area (Å²) in [4.78, 5) is 26.7. The molecule has 23 heavy (non-hydrogen) atoms. The van der Waals surface area contributed by atoms with Gasteiger partial charge in [0.2, 0.25) is 5.88 Å². The van der Waals surface area contributed by atoms with Crippen LogP contribution < -0.4 is 10.1 Å². The predicted molar refractivity (Wildman–Crippen MR) is 85.4 cm³/mol. The molecule has 1 fully saturated rings. The number of amides is 1. The van der Waals surface area contributed by atoms with Crippen LogP contribution in [0.4, 0.5) is 5.82 Å². The standard InChI is InChI=1S/C16H19N5O2/c1-2-23-15-10-18-9-14(20-15)19-13-5-7-21(11-13)16(22)12-4-3-6-17-8-12/h3-4,6,8-10,13H,2,5,7,11H2,1H3,(H,19,20). The highest BCUT2D eigenvalue weighted by atomic mass is 16.5. The molecular weight excluding hydrogens is 294 g/mol. The summed E-state index contributed by atoms with van der Waals surface area (Å²) in [5.74, 6) is 1.17. The van der Waals surface area contributed by atoms with Gasteiger partial charge in [-0.15, -0.1) is 0 Å². The van der Waals surface area contributed by atoms with E-state index in [0.29, 0.717) is 37.0 Å². The third-order valence-electron chi connectivity index (χ3n) is 3.64. The fourth-order valence-electron chi connectivity index (χ4n) is 2.58. The van der Waals surface area contributed by atoms with Crippen LogP contribution in [0.25, 0.3) is 0 Å². The van der Waals surface area contributed by atoms with E-state index in [2.05, 4.69) is 20.3 Å². The lowest BCUT2D eigenvalue weighted by atomic mass is 10.2. The van der Waals surface area contributed by atoms with E-state index in [1.54, 1.807) is 36.9 Å². The molecule has 7 heteroatoms. The maximum Gasteiger partial charge on any atom is 0.255 e. The summed E-state index contributed by atoms with van der Waals surface area (Å²) >= 11 is 0. The number of anilines is 1. The Morgan fingerprint density at radius 2 is 2.30 bits per heavy atom. The molecule has 0 radical (unpaired) electrons. The van der Waals surface area contributed by atoms with Crippen LogP contribution in [0.3, 0.4) is 0 Å². The van der Waals surface area contributed by atoms with Crippen LogP contribution in [0.15, 0.2) is 36.9 Å². The van der Waals surface area contributed by atoms with Crippen LogP contribution in [-0.4, -0.2) is 51.5 Å². The van der Waals surface area contributed by atoms with E-state index in [9.17, 15) is 4.79 Å². The highest BCUT2D eigenvalue weighted by Gasteiger charge is 2.27. The smallest absolute Gasteiger partial charge is 0.255 e. The first kappa shape index (κ1) is 15.2. The zero-order valence-electron chi connectivity index (χ0n) is 13.0. The molecule has 0 saturated carbocycles. The first-order valence-electron chi connectivity index (χ1n) is 7.67. The molecule has 2 aromatic heterocycles. The Morgan fingerprint density at radius 1 is 1.39 bits per heavy atom. The van der Waals surface area contributed by atoms with Crippen molar-refractivity contribution in [1.82, 2.24) is 19.9 Å². The molecule has 1 unspecified atom stereocenters. The van der Waals surface area contributed by atoms with Crippen molar-refractivity contribution >= 4 is 11.7 Å². The molecule has 1 aliphatic rings. The van der Waals surface area contributed by atoms with Gasteiger partial charge in [-0.05, 0) is 25.5 Å². The second kappa shape index (κ2) is 7.04. The van der Waals surface area contributed by atoms with Gasteiger partial charge in [-0.1, -0.05) is 0 Å². The zero-order chi connectivity index (χ0) is 16.1. The number of hydrogen-bond donors (Lipinski definition) is 1. The zero-order valence-corrected chi connectivity index (χ0v) is 13.0. The molecule has 1 aliphatic heterocycles. The van der Waals surface area contributed by atoms with Crippen molar-refractivity contribution in [3.63, 3.8) is 0 Å². The fourth-order valence-corrected chi connectivity index (χ4v) is 2.58. The SMILES string of the molecule is CCOc1cncc(NC2CCN(C(=O)c3cccnc3)C2)n1. The van der Waals surface area contributed by atoms with E-state index < -0.39 is 0 Å². The van der Waals surface area contributed by atoms with Crippen molar-refractivity contribution in [2.45, 2.75) is 19.4 Å². The number of carbonyl (C=O) groups is 1. The Labute approximate surface area is 134 Å². The Bertz CT molecular complexity index is 665. The van der Waals surface area contributed by atoms with Crippen molar-refractivity contribution < 1.29 is 9.53 Å². The van der Waals surface area contributed by atoms with E-state index in [-0.39, 0.29) is 11.9 Å². The van der Waals surface area contributed by atoms with Crippen LogP contribution in [0, 0.1) is 0 Å². The predicted octanol–water partition coefficient (Wildman–Crippen LogP) is 1.60. The number of rotatable bonds is 5. The van der Waals surface area contributed by atoms with E-state index in [1.165, 1.54) is 0 Å². The van der Waals surface area contributed by atoms with Crippen LogP contribution in [0.2, 0.25) is 0 Å². The van der Waals surface area contributed by atoms with Gasteiger partial charge in [-0.25, -0.2) is 0 Å². The Morgan fingerprint density at radius 3 is 3.09 bits per heavy atom. The molecule has 120 valence electrons. The van der Waals surface area contributed by atoms with Gasteiger partial charge in [0.1, 0.15) is 5.82 Å². The van der Waals surface area contributed by atoms with Crippen LogP contribution in [0.5, 0.6) is 5.88 Å². The average molecular weight is 313 g/mol. The Kier molecular flexibility index (Phi) is 4.65. The molecule has 0 bridgehead atoms. The van der Waals surface area contributed by atoms with Crippen molar-refractivity contribution in [2.24, 2.45) is 0 Å². The van der Waals surface area contributed by atoms with E-state index >= 15 is 0 Å². The second-order valence-corrected chi connectivity index (χ2v) is 5.30. The second-order valence-electron chi connectivity index (χ2n) is 5.30. The average Bonchev–Trinajstić information content (AvgIpc) is 3.04. The number of likely N-dealkylation sites (tertiary alicyclic amines) is 1. The number of pyridine rings is 1. The third-order valence-corrected chi connectivity index (χ3v) is 3.64. The minimum absolute atomic E-state index is 0.0107. The summed E-state index contributed by atoms with van der Waals surface area (Å²) in [7, 11) is 0. The van der Waals surface area contributed by atoms with Gasteiger partial charge in [-0.2, -0.15) is 4.98 Å². The van der Waals surface area contributed by atoms with Crippen LogP contribution in [0.1, 0.15) is 23.7 Å². The molecular formula is C16H19N5O2. The molecule has 2 aromatic rings. The highest BCUT2D eigenvalue weighted by molar-refractivity contribution is 5.94. The monoisotopic (exact) mass is 313 g/mol. The molecule has 7 nitrogen and oxygen atoms in total. The highest BCUT2D eigenvalue weighted by Crippen LogP contribution is 2.17. The molecule has 0 aliphatic carbocycles. The summed E-state index contributed by atoms with van der Waals surface area (Å²) in [5.41, 5.74) is 0.617. The molecule has 0 aromatic carbocycles. The summed E-state index contributed by atoms with van der Waals surface area (Å²) in [6.07, 6.45) is 7.37. The maximum absolute atomic E-state index is 12.4. The molecule has 1 atom stereocenters. The molecule has 0 spiro atoms. The van der Waals surface area contributed by atoms with Crippen molar-refractivity contribution in [3.05, 3.63) is 42.5 Å². The normalized spacial score (nSPS) is 17.1. The lowest BCUT2D eigenvalue weighted by molar-refractivity contribution is 0.0791. The number of nitrogens with zero attached hydrogens (tertiary/aromatic N) is 4. The van der Waals surface area contributed by atoms with Crippen LogP contribution in [-0.2, 0) is 0 Å². The quantitative estimate of drug-likeness (QED) is 0.903. The molecule has 1 amide bonds. The van der Waals surface area contributed by atoms with E-state index in [1.807, 2.05) is 11.8 Å².